The molecule has 0 bridgehead atoms. The molecule has 0 aliphatic rings. The van der Waals surface area contributed by atoms with Gasteiger partial charge in [-0.25, -0.2) is 4.98 Å². The van der Waals surface area contributed by atoms with Gasteiger partial charge in [-0.05, 0) is 26.0 Å². The van der Waals surface area contributed by atoms with Crippen molar-refractivity contribution in [2.24, 2.45) is 0 Å². The van der Waals surface area contributed by atoms with Gasteiger partial charge in [0.05, 0.1) is 12.3 Å². The van der Waals surface area contributed by atoms with Gasteiger partial charge in [-0.2, -0.15) is 0 Å². The quantitative estimate of drug-likeness (QED) is 0.761. The van der Waals surface area contributed by atoms with Crippen molar-refractivity contribution < 1.29 is 9.47 Å². The molecule has 21 heavy (non-hydrogen) atoms. The average Bonchev–Trinajstić information content (AvgIpc) is 2.83. The van der Waals surface area contributed by atoms with Crippen LogP contribution in [-0.2, 0) is 17.9 Å². The molecule has 5 heteroatoms. The van der Waals surface area contributed by atoms with Crippen LogP contribution in [0.3, 0.4) is 0 Å². The Labute approximate surface area is 130 Å². The second-order valence-corrected chi connectivity index (χ2v) is 6.06. The molecule has 4 nitrogen and oxygen atoms in total. The molecule has 0 spiro atoms. The van der Waals surface area contributed by atoms with E-state index in [0.717, 1.165) is 36.1 Å². The molecule has 0 unspecified atom stereocenters. The summed E-state index contributed by atoms with van der Waals surface area (Å²) in [4.78, 5) is 5.82. The van der Waals surface area contributed by atoms with Crippen molar-refractivity contribution >= 4 is 11.3 Å². The number of hydrogen-bond donors (Lipinski definition) is 1. The minimum atomic E-state index is 0.520. The van der Waals surface area contributed by atoms with Crippen LogP contribution < -0.4 is 10.1 Å². The van der Waals surface area contributed by atoms with E-state index in [0.29, 0.717) is 6.61 Å². The predicted molar refractivity (Wildman–Crippen MR) is 85.9 cm³/mol. The first-order chi connectivity index (χ1) is 10.2. The van der Waals surface area contributed by atoms with E-state index in [2.05, 4.69) is 17.2 Å². The van der Waals surface area contributed by atoms with E-state index < -0.39 is 0 Å². The number of nitrogens with one attached hydrogen (secondary N) is 1. The summed E-state index contributed by atoms with van der Waals surface area (Å²) in [5.74, 6) is 0.883. The van der Waals surface area contributed by atoms with E-state index in [-0.39, 0.29) is 0 Å². The third-order valence-electron chi connectivity index (χ3n) is 3.09. The highest BCUT2D eigenvalue weighted by Gasteiger charge is 2.08. The van der Waals surface area contributed by atoms with E-state index in [1.165, 1.54) is 10.4 Å². The van der Waals surface area contributed by atoms with E-state index in [4.69, 9.17) is 9.47 Å². The van der Waals surface area contributed by atoms with Crippen LogP contribution in [-0.4, -0.2) is 25.2 Å². The minimum absolute atomic E-state index is 0.520. The first-order valence-corrected chi connectivity index (χ1v) is 7.85. The van der Waals surface area contributed by atoms with E-state index in [9.17, 15) is 0 Å². The van der Waals surface area contributed by atoms with Crippen LogP contribution in [0.2, 0.25) is 0 Å². The molecule has 2 aromatic rings. The molecule has 1 aromatic heterocycles. The van der Waals surface area contributed by atoms with Crippen LogP contribution in [0.1, 0.15) is 21.1 Å². The molecule has 0 saturated heterocycles. The Kier molecular flexibility index (Phi) is 6.17. The van der Waals surface area contributed by atoms with Gasteiger partial charge in [-0.3, -0.25) is 0 Å². The summed E-state index contributed by atoms with van der Waals surface area (Å²) in [6.45, 7) is 7.03. The monoisotopic (exact) mass is 306 g/mol. The number of thiazole rings is 1. The highest BCUT2D eigenvalue weighted by molar-refractivity contribution is 7.11. The minimum Gasteiger partial charge on any atom is -0.486 e. The zero-order chi connectivity index (χ0) is 15.1. The molecule has 0 aliphatic heterocycles. The number of methoxy groups -OCH3 is 1. The lowest BCUT2D eigenvalue weighted by Crippen LogP contribution is -2.18. The number of ether oxygens (including phenoxy) is 2. The maximum absolute atomic E-state index is 5.77. The highest BCUT2D eigenvalue weighted by Crippen LogP contribution is 2.20. The lowest BCUT2D eigenvalue weighted by atomic mass is 10.2. The zero-order valence-corrected chi connectivity index (χ0v) is 13.6. The summed E-state index contributed by atoms with van der Waals surface area (Å²) in [6.07, 6.45) is 0. The van der Waals surface area contributed by atoms with Crippen molar-refractivity contribution in [1.29, 1.82) is 0 Å². The maximum Gasteiger partial charge on any atom is 0.140 e. The Bertz CT molecular complexity index is 552. The topological polar surface area (TPSA) is 43.4 Å². The summed E-state index contributed by atoms with van der Waals surface area (Å²) in [5.41, 5.74) is 2.31. The van der Waals surface area contributed by atoms with Crippen molar-refractivity contribution in [2.75, 3.05) is 20.3 Å². The summed E-state index contributed by atoms with van der Waals surface area (Å²) in [5, 5.41) is 4.35. The number of nitrogens with zero attached hydrogens (tertiary/aromatic N) is 1. The number of aryl methyl sites for hydroxylation is 2. The second-order valence-electron chi connectivity index (χ2n) is 4.89. The molecule has 1 heterocycles. The van der Waals surface area contributed by atoms with Crippen LogP contribution in [0.25, 0.3) is 0 Å². The van der Waals surface area contributed by atoms with Gasteiger partial charge in [0.2, 0.25) is 0 Å². The third-order valence-corrected chi connectivity index (χ3v) is 4.22. The molecule has 1 N–H and O–H groups in total. The number of rotatable bonds is 8. The fraction of sp³-hybridized carbons (Fsp3) is 0.438. The fourth-order valence-corrected chi connectivity index (χ4v) is 2.82. The smallest absolute Gasteiger partial charge is 0.140 e. The Hall–Kier alpha value is -1.43. The maximum atomic E-state index is 5.77. The van der Waals surface area contributed by atoms with Gasteiger partial charge in [-0.1, -0.05) is 17.7 Å². The fourth-order valence-electron chi connectivity index (χ4n) is 1.87. The van der Waals surface area contributed by atoms with Gasteiger partial charge in [0.1, 0.15) is 17.4 Å². The molecule has 0 aliphatic carbocycles. The van der Waals surface area contributed by atoms with Crippen molar-refractivity contribution in [2.45, 2.75) is 27.0 Å². The van der Waals surface area contributed by atoms with E-state index in [1.54, 1.807) is 18.4 Å². The average molecular weight is 306 g/mol. The molecular formula is C16H22N2O2S. The molecule has 0 radical (unpaired) electrons. The third kappa shape index (κ3) is 5.12. The summed E-state index contributed by atoms with van der Waals surface area (Å²) >= 11 is 1.70. The predicted octanol–water partition coefficient (Wildman–Crippen LogP) is 3.07. The molecule has 114 valence electrons. The zero-order valence-electron chi connectivity index (χ0n) is 12.8. The largest absolute Gasteiger partial charge is 0.486 e. The standard InChI is InChI=1S/C16H22N2O2S/c1-12-4-6-14(7-5-12)20-11-16-18-13(2)15(21-16)10-17-8-9-19-3/h4-7,17H,8-11H2,1-3H3. The molecular weight excluding hydrogens is 284 g/mol. The molecule has 0 amide bonds. The van der Waals surface area contributed by atoms with Gasteiger partial charge in [0, 0.05) is 25.1 Å². The molecule has 0 atom stereocenters. The van der Waals surface area contributed by atoms with Crippen molar-refractivity contribution in [3.05, 3.63) is 45.4 Å². The normalized spacial score (nSPS) is 10.8. The first kappa shape index (κ1) is 15.9. The van der Waals surface area contributed by atoms with E-state index in [1.807, 2.05) is 31.2 Å². The number of benzene rings is 1. The van der Waals surface area contributed by atoms with Crippen LogP contribution in [0.15, 0.2) is 24.3 Å². The van der Waals surface area contributed by atoms with Crippen molar-refractivity contribution in [3.8, 4) is 5.75 Å². The van der Waals surface area contributed by atoms with Gasteiger partial charge >= 0.3 is 0 Å². The SMILES string of the molecule is COCCNCc1sc(COc2ccc(C)cc2)nc1C. The molecule has 1 aromatic carbocycles. The molecule has 2 rings (SSSR count). The summed E-state index contributed by atoms with van der Waals surface area (Å²) in [7, 11) is 1.71. The molecule has 0 fully saturated rings. The van der Waals surface area contributed by atoms with Gasteiger partial charge < -0.3 is 14.8 Å². The second kappa shape index (κ2) is 8.12. The highest BCUT2D eigenvalue weighted by atomic mass is 32.1. The van der Waals surface area contributed by atoms with Crippen LogP contribution in [0.4, 0.5) is 0 Å². The Morgan fingerprint density at radius 2 is 1.95 bits per heavy atom. The van der Waals surface area contributed by atoms with Crippen LogP contribution in [0.5, 0.6) is 5.75 Å². The van der Waals surface area contributed by atoms with Crippen LogP contribution >= 0.6 is 11.3 Å². The molecule has 0 saturated carbocycles. The first-order valence-electron chi connectivity index (χ1n) is 7.03. The summed E-state index contributed by atoms with van der Waals surface area (Å²) < 4.78 is 10.8. The lowest BCUT2D eigenvalue weighted by Gasteiger charge is -2.03. The van der Waals surface area contributed by atoms with Gasteiger partial charge in [-0.15, -0.1) is 11.3 Å². The van der Waals surface area contributed by atoms with Gasteiger partial charge in [0.15, 0.2) is 0 Å². The van der Waals surface area contributed by atoms with Crippen molar-refractivity contribution in [3.63, 3.8) is 0 Å². The number of aromatic nitrogens is 1. The van der Waals surface area contributed by atoms with Crippen LogP contribution in [0, 0.1) is 13.8 Å². The number of hydrogen-bond acceptors (Lipinski definition) is 5. The Morgan fingerprint density at radius 3 is 2.67 bits per heavy atom. The van der Waals surface area contributed by atoms with E-state index >= 15 is 0 Å². The summed E-state index contributed by atoms with van der Waals surface area (Å²) in [6, 6.07) is 8.08. The van der Waals surface area contributed by atoms with Gasteiger partial charge in [0.25, 0.3) is 0 Å². The Balaban J connectivity index is 1.85. The lowest BCUT2D eigenvalue weighted by molar-refractivity contribution is 0.199. The Morgan fingerprint density at radius 1 is 1.19 bits per heavy atom. The van der Waals surface area contributed by atoms with Crippen molar-refractivity contribution in [1.82, 2.24) is 10.3 Å².